The van der Waals surface area contributed by atoms with Crippen molar-refractivity contribution in [2.75, 3.05) is 5.32 Å². The fourth-order valence-electron chi connectivity index (χ4n) is 0.703. The minimum absolute atomic E-state index is 0.648. The number of anilines is 1. The molecule has 3 nitrogen and oxygen atoms in total. The molecule has 0 fully saturated rings. The Kier molecular flexibility index (Phi) is 1.99. The summed E-state index contributed by atoms with van der Waals surface area (Å²) in [5, 5.41) is 2.53. The van der Waals surface area contributed by atoms with Gasteiger partial charge in [-0.3, -0.25) is 9.78 Å². The summed E-state index contributed by atoms with van der Waals surface area (Å²) in [7, 11) is 0. The summed E-state index contributed by atoms with van der Waals surface area (Å²) in [6, 6.07) is 3.54. The number of aromatic nitrogens is 1. The molecule has 0 aromatic carbocycles. The first-order valence-electron chi connectivity index (χ1n) is 2.96. The summed E-state index contributed by atoms with van der Waals surface area (Å²) < 4.78 is 0. The number of hydrogen-bond donors (Lipinski definition) is 1. The quantitative estimate of drug-likeness (QED) is 0.615. The van der Waals surface area contributed by atoms with E-state index in [-0.39, 0.29) is 0 Å². The maximum absolute atomic E-state index is 9.95. The number of hydrogen-bond acceptors (Lipinski definition) is 2. The van der Waals surface area contributed by atoms with Crippen LogP contribution in [0.3, 0.4) is 0 Å². The van der Waals surface area contributed by atoms with Gasteiger partial charge in [0.15, 0.2) is 0 Å². The average molecular weight is 136 g/mol. The lowest BCUT2D eigenvalue weighted by molar-refractivity contribution is -0.105. The molecule has 0 bridgehead atoms. The molecule has 0 unspecified atom stereocenters. The fourth-order valence-corrected chi connectivity index (χ4v) is 0.703. The SMILES string of the molecule is Cc1cc(NC=O)ccn1. The molecule has 0 radical (unpaired) electrons. The van der Waals surface area contributed by atoms with Crippen molar-refractivity contribution in [1.82, 2.24) is 4.98 Å². The molecule has 1 aromatic heterocycles. The number of amides is 1. The summed E-state index contributed by atoms with van der Waals surface area (Å²) >= 11 is 0. The summed E-state index contributed by atoms with van der Waals surface area (Å²) in [6.45, 7) is 1.87. The molecule has 1 rings (SSSR count). The van der Waals surface area contributed by atoms with Gasteiger partial charge < -0.3 is 5.32 Å². The minimum Gasteiger partial charge on any atom is -0.329 e. The number of rotatable bonds is 2. The van der Waals surface area contributed by atoms with E-state index in [0.717, 1.165) is 11.4 Å². The van der Waals surface area contributed by atoms with Gasteiger partial charge in [0.2, 0.25) is 6.41 Å². The van der Waals surface area contributed by atoms with Crippen LogP contribution in [0.15, 0.2) is 18.3 Å². The third-order valence-corrected chi connectivity index (χ3v) is 1.12. The Labute approximate surface area is 59.1 Å². The van der Waals surface area contributed by atoms with Gasteiger partial charge in [0.25, 0.3) is 0 Å². The van der Waals surface area contributed by atoms with Crippen LogP contribution >= 0.6 is 0 Å². The molecule has 1 amide bonds. The first kappa shape index (κ1) is 6.74. The van der Waals surface area contributed by atoms with Gasteiger partial charge in [-0.15, -0.1) is 0 Å². The van der Waals surface area contributed by atoms with Gasteiger partial charge in [-0.1, -0.05) is 0 Å². The van der Waals surface area contributed by atoms with Gasteiger partial charge in [-0.05, 0) is 19.1 Å². The highest BCUT2D eigenvalue weighted by atomic mass is 16.1. The molecule has 3 heteroatoms. The van der Waals surface area contributed by atoms with Crippen molar-refractivity contribution < 1.29 is 4.79 Å². The summed E-state index contributed by atoms with van der Waals surface area (Å²) in [5.41, 5.74) is 1.68. The molecule has 1 aromatic rings. The zero-order valence-corrected chi connectivity index (χ0v) is 5.66. The molecule has 10 heavy (non-hydrogen) atoms. The van der Waals surface area contributed by atoms with Gasteiger partial charge in [0.1, 0.15) is 0 Å². The van der Waals surface area contributed by atoms with Crippen LogP contribution in [0.1, 0.15) is 5.69 Å². The van der Waals surface area contributed by atoms with E-state index in [1.807, 2.05) is 6.92 Å². The largest absolute Gasteiger partial charge is 0.329 e. The number of carbonyl (C=O) groups excluding carboxylic acids is 1. The molecule has 1 N–H and O–H groups in total. The molecule has 0 saturated carbocycles. The van der Waals surface area contributed by atoms with Crippen LogP contribution in [0.4, 0.5) is 5.69 Å². The fraction of sp³-hybridized carbons (Fsp3) is 0.143. The number of nitrogens with zero attached hydrogens (tertiary/aromatic N) is 1. The second kappa shape index (κ2) is 2.96. The Bertz CT molecular complexity index is 235. The second-order valence-electron chi connectivity index (χ2n) is 1.95. The number of carbonyl (C=O) groups is 1. The van der Waals surface area contributed by atoms with Crippen molar-refractivity contribution in [3.8, 4) is 0 Å². The minimum atomic E-state index is 0.648. The molecular weight excluding hydrogens is 128 g/mol. The van der Waals surface area contributed by atoms with Crippen LogP contribution in [-0.2, 0) is 4.79 Å². The smallest absolute Gasteiger partial charge is 0.211 e. The molecule has 0 saturated heterocycles. The Hall–Kier alpha value is -1.38. The highest BCUT2D eigenvalue weighted by Crippen LogP contribution is 2.04. The van der Waals surface area contributed by atoms with Crippen molar-refractivity contribution in [2.24, 2.45) is 0 Å². The first-order chi connectivity index (χ1) is 4.83. The molecule has 0 atom stereocenters. The highest BCUT2D eigenvalue weighted by Gasteiger charge is 1.88. The maximum atomic E-state index is 9.95. The zero-order valence-electron chi connectivity index (χ0n) is 5.66. The molecular formula is C7H8N2O. The van der Waals surface area contributed by atoms with Gasteiger partial charge in [0, 0.05) is 17.6 Å². The van der Waals surface area contributed by atoms with Gasteiger partial charge in [-0.25, -0.2) is 0 Å². The van der Waals surface area contributed by atoms with Crippen molar-refractivity contribution in [2.45, 2.75) is 6.92 Å². The molecule has 0 aliphatic heterocycles. The lowest BCUT2D eigenvalue weighted by Gasteiger charge is -1.96. The van der Waals surface area contributed by atoms with Crippen molar-refractivity contribution in [3.05, 3.63) is 24.0 Å². The summed E-state index contributed by atoms with van der Waals surface area (Å²) in [4.78, 5) is 13.9. The molecule has 52 valence electrons. The van der Waals surface area contributed by atoms with Crippen LogP contribution in [0.5, 0.6) is 0 Å². The zero-order chi connectivity index (χ0) is 7.40. The van der Waals surface area contributed by atoms with Gasteiger partial charge in [0.05, 0.1) is 0 Å². The van der Waals surface area contributed by atoms with E-state index in [4.69, 9.17) is 0 Å². The normalized spacial score (nSPS) is 8.90. The van der Waals surface area contributed by atoms with Crippen LogP contribution in [-0.4, -0.2) is 11.4 Å². The molecule has 1 heterocycles. The van der Waals surface area contributed by atoms with Crippen LogP contribution in [0.25, 0.3) is 0 Å². The molecule has 0 spiro atoms. The van der Waals surface area contributed by atoms with E-state index in [0.29, 0.717) is 6.41 Å². The van der Waals surface area contributed by atoms with Crippen LogP contribution in [0, 0.1) is 6.92 Å². The lowest BCUT2D eigenvalue weighted by Crippen LogP contribution is -1.93. The maximum Gasteiger partial charge on any atom is 0.211 e. The van der Waals surface area contributed by atoms with E-state index in [2.05, 4.69) is 10.3 Å². The average Bonchev–Trinajstić information content (AvgIpc) is 1.88. The van der Waals surface area contributed by atoms with Crippen LogP contribution in [0.2, 0.25) is 0 Å². The van der Waals surface area contributed by atoms with E-state index in [1.54, 1.807) is 18.3 Å². The first-order valence-corrected chi connectivity index (χ1v) is 2.96. The number of aryl methyl sites for hydroxylation is 1. The predicted octanol–water partition coefficient (Wildman–Crippen LogP) is 0.958. The molecule has 0 aliphatic rings. The molecule has 0 aliphatic carbocycles. The summed E-state index contributed by atoms with van der Waals surface area (Å²) in [5.74, 6) is 0. The van der Waals surface area contributed by atoms with Crippen LogP contribution < -0.4 is 5.32 Å². The third kappa shape index (κ3) is 1.55. The standard InChI is InChI=1S/C7H8N2O/c1-6-4-7(9-5-10)2-3-8-6/h2-5H,1H3,(H,8,9,10). The number of nitrogens with one attached hydrogen (secondary N) is 1. The van der Waals surface area contributed by atoms with E-state index in [9.17, 15) is 4.79 Å². The van der Waals surface area contributed by atoms with Gasteiger partial charge >= 0.3 is 0 Å². The van der Waals surface area contributed by atoms with Crippen molar-refractivity contribution in [3.63, 3.8) is 0 Å². The topological polar surface area (TPSA) is 42.0 Å². The van der Waals surface area contributed by atoms with Crippen molar-refractivity contribution in [1.29, 1.82) is 0 Å². The Morgan fingerprint density at radius 2 is 2.50 bits per heavy atom. The Morgan fingerprint density at radius 3 is 3.10 bits per heavy atom. The van der Waals surface area contributed by atoms with E-state index in [1.165, 1.54) is 0 Å². The summed E-state index contributed by atoms with van der Waals surface area (Å²) in [6.07, 6.45) is 2.30. The second-order valence-corrected chi connectivity index (χ2v) is 1.95. The lowest BCUT2D eigenvalue weighted by atomic mass is 10.3. The van der Waals surface area contributed by atoms with Gasteiger partial charge in [-0.2, -0.15) is 0 Å². The third-order valence-electron chi connectivity index (χ3n) is 1.12. The van der Waals surface area contributed by atoms with Crippen molar-refractivity contribution >= 4 is 12.1 Å². The van der Waals surface area contributed by atoms with E-state index < -0.39 is 0 Å². The number of pyridine rings is 1. The Morgan fingerprint density at radius 1 is 1.70 bits per heavy atom. The predicted molar refractivity (Wildman–Crippen MR) is 38.7 cm³/mol. The monoisotopic (exact) mass is 136 g/mol. The van der Waals surface area contributed by atoms with E-state index >= 15 is 0 Å². The highest BCUT2D eigenvalue weighted by molar-refractivity contribution is 5.70. The Balaban J connectivity index is 2.84.